The maximum atomic E-state index is 4.56. The Hall–Kier alpha value is -1.50. The summed E-state index contributed by atoms with van der Waals surface area (Å²) < 4.78 is 0. The van der Waals surface area contributed by atoms with Crippen LogP contribution in [0.25, 0.3) is 11.2 Å². The van der Waals surface area contributed by atoms with Crippen LogP contribution < -0.4 is 10.6 Å². The summed E-state index contributed by atoms with van der Waals surface area (Å²) in [5.41, 5.74) is 1.60. The van der Waals surface area contributed by atoms with Gasteiger partial charge in [0.2, 0.25) is 5.95 Å². The van der Waals surface area contributed by atoms with Gasteiger partial charge in [0.15, 0.2) is 11.5 Å². The quantitative estimate of drug-likeness (QED) is 0.777. The molecule has 1 saturated heterocycles. The highest BCUT2D eigenvalue weighted by molar-refractivity contribution is 7.99. The SMILES string of the molecule is CCCNc1nc(NC2CCSC2)c2[nH]cnc2n1. The van der Waals surface area contributed by atoms with Gasteiger partial charge in [0.1, 0.15) is 5.52 Å². The molecule has 0 aliphatic carbocycles. The first-order valence-electron chi connectivity index (χ1n) is 6.66. The molecule has 3 N–H and O–H groups in total. The van der Waals surface area contributed by atoms with Crippen molar-refractivity contribution in [2.75, 3.05) is 28.7 Å². The van der Waals surface area contributed by atoms with Gasteiger partial charge >= 0.3 is 0 Å². The fourth-order valence-corrected chi connectivity index (χ4v) is 3.25. The van der Waals surface area contributed by atoms with Crippen LogP contribution in [0.1, 0.15) is 19.8 Å². The number of aromatic amines is 1. The van der Waals surface area contributed by atoms with E-state index in [0.29, 0.717) is 17.6 Å². The van der Waals surface area contributed by atoms with E-state index in [1.54, 1.807) is 6.33 Å². The normalized spacial score (nSPS) is 18.9. The average Bonchev–Trinajstić information content (AvgIpc) is 3.06. The second-order valence-electron chi connectivity index (χ2n) is 4.63. The molecule has 2 aromatic rings. The van der Waals surface area contributed by atoms with Crippen molar-refractivity contribution >= 4 is 34.7 Å². The molecular weight excluding hydrogens is 260 g/mol. The summed E-state index contributed by atoms with van der Waals surface area (Å²) in [5.74, 6) is 3.86. The summed E-state index contributed by atoms with van der Waals surface area (Å²) >= 11 is 1.98. The Morgan fingerprint density at radius 2 is 2.42 bits per heavy atom. The molecular formula is C12H18N6S. The Labute approximate surface area is 116 Å². The molecule has 1 atom stereocenters. The standard InChI is InChI=1S/C12H18N6S/c1-2-4-13-12-17-10-9(14-7-15-10)11(18-12)16-8-3-5-19-6-8/h7-8H,2-6H2,1H3,(H3,13,14,15,16,17,18). The smallest absolute Gasteiger partial charge is 0.226 e. The number of anilines is 2. The van der Waals surface area contributed by atoms with Crippen LogP contribution in [-0.2, 0) is 0 Å². The van der Waals surface area contributed by atoms with E-state index in [1.807, 2.05) is 11.8 Å². The Morgan fingerprint density at radius 3 is 3.21 bits per heavy atom. The Morgan fingerprint density at radius 1 is 1.47 bits per heavy atom. The highest BCUT2D eigenvalue weighted by Gasteiger charge is 2.18. The van der Waals surface area contributed by atoms with Gasteiger partial charge in [0.25, 0.3) is 0 Å². The summed E-state index contributed by atoms with van der Waals surface area (Å²) in [6.45, 7) is 2.99. The molecule has 0 saturated carbocycles. The summed E-state index contributed by atoms with van der Waals surface area (Å²) in [7, 11) is 0. The number of imidazole rings is 1. The fraction of sp³-hybridized carbons (Fsp3) is 0.583. The number of rotatable bonds is 5. The van der Waals surface area contributed by atoms with E-state index in [2.05, 4.69) is 37.5 Å². The number of fused-ring (bicyclic) bond motifs is 1. The summed E-state index contributed by atoms with van der Waals surface area (Å²) in [6.07, 6.45) is 3.89. The van der Waals surface area contributed by atoms with Crippen LogP contribution in [0.4, 0.5) is 11.8 Å². The lowest BCUT2D eigenvalue weighted by atomic mass is 10.2. The average molecular weight is 278 g/mol. The molecule has 2 aromatic heterocycles. The molecule has 7 heteroatoms. The second-order valence-corrected chi connectivity index (χ2v) is 5.78. The minimum atomic E-state index is 0.491. The molecule has 6 nitrogen and oxygen atoms in total. The molecule has 19 heavy (non-hydrogen) atoms. The van der Waals surface area contributed by atoms with E-state index in [1.165, 1.54) is 12.2 Å². The zero-order valence-corrected chi connectivity index (χ0v) is 11.8. The van der Waals surface area contributed by atoms with Gasteiger partial charge in [0.05, 0.1) is 6.33 Å². The maximum absolute atomic E-state index is 4.56. The molecule has 102 valence electrons. The van der Waals surface area contributed by atoms with Crippen molar-refractivity contribution < 1.29 is 0 Å². The van der Waals surface area contributed by atoms with Gasteiger partial charge in [-0.25, -0.2) is 4.98 Å². The molecule has 1 aliphatic rings. The number of nitrogens with zero attached hydrogens (tertiary/aromatic N) is 3. The van der Waals surface area contributed by atoms with Gasteiger partial charge < -0.3 is 15.6 Å². The molecule has 1 unspecified atom stereocenters. The van der Waals surface area contributed by atoms with Crippen LogP contribution in [-0.4, -0.2) is 44.0 Å². The van der Waals surface area contributed by atoms with E-state index in [9.17, 15) is 0 Å². The highest BCUT2D eigenvalue weighted by atomic mass is 32.2. The van der Waals surface area contributed by atoms with E-state index in [0.717, 1.165) is 30.1 Å². The Bertz CT molecular complexity index is 548. The van der Waals surface area contributed by atoms with Gasteiger partial charge in [-0.2, -0.15) is 21.7 Å². The van der Waals surface area contributed by atoms with Crippen molar-refractivity contribution in [1.82, 2.24) is 19.9 Å². The zero-order valence-electron chi connectivity index (χ0n) is 10.9. The lowest BCUT2D eigenvalue weighted by Gasteiger charge is -2.13. The van der Waals surface area contributed by atoms with Crippen LogP contribution in [0.15, 0.2) is 6.33 Å². The van der Waals surface area contributed by atoms with E-state index >= 15 is 0 Å². The van der Waals surface area contributed by atoms with E-state index in [-0.39, 0.29) is 0 Å². The Kier molecular flexibility index (Phi) is 3.72. The number of nitrogens with one attached hydrogen (secondary N) is 3. The number of aromatic nitrogens is 4. The van der Waals surface area contributed by atoms with E-state index < -0.39 is 0 Å². The molecule has 0 aromatic carbocycles. The van der Waals surface area contributed by atoms with Crippen molar-refractivity contribution in [2.45, 2.75) is 25.8 Å². The molecule has 0 bridgehead atoms. The van der Waals surface area contributed by atoms with Crippen LogP contribution in [0.3, 0.4) is 0 Å². The monoisotopic (exact) mass is 278 g/mol. The van der Waals surface area contributed by atoms with Gasteiger partial charge in [0, 0.05) is 18.3 Å². The first-order valence-corrected chi connectivity index (χ1v) is 7.81. The second kappa shape index (κ2) is 5.64. The number of hydrogen-bond donors (Lipinski definition) is 3. The van der Waals surface area contributed by atoms with Gasteiger partial charge in [-0.15, -0.1) is 0 Å². The minimum Gasteiger partial charge on any atom is -0.365 e. The van der Waals surface area contributed by atoms with E-state index in [4.69, 9.17) is 0 Å². The third kappa shape index (κ3) is 2.75. The minimum absolute atomic E-state index is 0.491. The molecule has 3 heterocycles. The third-order valence-electron chi connectivity index (χ3n) is 3.09. The van der Waals surface area contributed by atoms with Gasteiger partial charge in [-0.1, -0.05) is 6.92 Å². The van der Waals surface area contributed by atoms with Gasteiger partial charge in [-0.05, 0) is 18.6 Å². The van der Waals surface area contributed by atoms with Crippen molar-refractivity contribution in [1.29, 1.82) is 0 Å². The molecule has 1 aliphatic heterocycles. The first kappa shape index (κ1) is 12.5. The van der Waals surface area contributed by atoms with Gasteiger partial charge in [-0.3, -0.25) is 0 Å². The largest absolute Gasteiger partial charge is 0.365 e. The van der Waals surface area contributed by atoms with Crippen LogP contribution in [0.2, 0.25) is 0 Å². The third-order valence-corrected chi connectivity index (χ3v) is 4.25. The lowest BCUT2D eigenvalue weighted by Crippen LogP contribution is -2.20. The molecule has 0 radical (unpaired) electrons. The van der Waals surface area contributed by atoms with Crippen molar-refractivity contribution in [2.24, 2.45) is 0 Å². The summed E-state index contributed by atoms with van der Waals surface area (Å²) in [4.78, 5) is 16.3. The maximum Gasteiger partial charge on any atom is 0.226 e. The van der Waals surface area contributed by atoms with Crippen molar-refractivity contribution in [3.63, 3.8) is 0 Å². The van der Waals surface area contributed by atoms with Crippen LogP contribution in [0.5, 0.6) is 0 Å². The highest BCUT2D eigenvalue weighted by Crippen LogP contribution is 2.24. The molecule has 1 fully saturated rings. The number of H-pyrrole nitrogens is 1. The first-order chi connectivity index (χ1) is 9.36. The van der Waals surface area contributed by atoms with Crippen LogP contribution >= 0.6 is 11.8 Å². The topological polar surface area (TPSA) is 78.5 Å². The predicted molar refractivity (Wildman–Crippen MR) is 79.8 cm³/mol. The number of hydrogen-bond acceptors (Lipinski definition) is 6. The molecule has 0 spiro atoms. The zero-order chi connectivity index (χ0) is 13.1. The summed E-state index contributed by atoms with van der Waals surface area (Å²) in [5, 5.41) is 6.72. The molecule has 0 amide bonds. The number of thioether (sulfide) groups is 1. The summed E-state index contributed by atoms with van der Waals surface area (Å²) in [6, 6.07) is 0.491. The van der Waals surface area contributed by atoms with Crippen LogP contribution in [0, 0.1) is 0 Å². The predicted octanol–water partition coefficient (Wildman–Crippen LogP) is 2.09. The lowest BCUT2D eigenvalue weighted by molar-refractivity contribution is 0.807. The molecule has 3 rings (SSSR count). The van der Waals surface area contributed by atoms with Crippen molar-refractivity contribution in [3.05, 3.63) is 6.33 Å². The van der Waals surface area contributed by atoms with Crippen molar-refractivity contribution in [3.8, 4) is 0 Å². The Balaban J connectivity index is 1.88. The fourth-order valence-electron chi connectivity index (χ4n) is 2.10.